The summed E-state index contributed by atoms with van der Waals surface area (Å²) in [6, 6.07) is 8.03. The Morgan fingerprint density at radius 1 is 1.23 bits per heavy atom. The Kier molecular flexibility index (Phi) is 1.29. The molecule has 3 rings (SSSR count). The molecule has 0 radical (unpaired) electrons. The van der Waals surface area contributed by atoms with E-state index in [9.17, 15) is 4.79 Å². The van der Waals surface area contributed by atoms with Crippen molar-refractivity contribution in [2.75, 3.05) is 6.61 Å². The van der Waals surface area contributed by atoms with Gasteiger partial charge in [-0.05, 0) is 11.6 Å². The van der Waals surface area contributed by atoms with Crippen LogP contribution in [0.2, 0.25) is 0 Å². The van der Waals surface area contributed by atoms with Crippen LogP contribution in [-0.4, -0.2) is 12.4 Å². The zero-order chi connectivity index (χ0) is 8.84. The van der Waals surface area contributed by atoms with Crippen LogP contribution < -0.4 is 4.74 Å². The van der Waals surface area contributed by atoms with Crippen LogP contribution >= 0.6 is 0 Å². The van der Waals surface area contributed by atoms with Crippen molar-refractivity contribution < 1.29 is 9.53 Å². The van der Waals surface area contributed by atoms with E-state index >= 15 is 0 Å². The number of fused-ring (bicyclic) bond motifs is 3. The molecule has 0 amide bonds. The highest BCUT2D eigenvalue weighted by atomic mass is 16.5. The predicted octanol–water partition coefficient (Wildman–Crippen LogP) is 1.75. The molecule has 0 aromatic heterocycles. The second-order valence-corrected chi connectivity index (χ2v) is 3.73. The van der Waals surface area contributed by atoms with Crippen LogP contribution in [0.4, 0.5) is 0 Å². The van der Waals surface area contributed by atoms with Crippen molar-refractivity contribution >= 4 is 5.78 Å². The third-order valence-electron chi connectivity index (χ3n) is 3.06. The fourth-order valence-corrected chi connectivity index (χ4v) is 2.21. The molecule has 2 aliphatic rings. The molecular formula is C11H10O2. The normalized spacial score (nSPS) is 29.7. The van der Waals surface area contributed by atoms with Gasteiger partial charge in [-0.3, -0.25) is 4.79 Å². The van der Waals surface area contributed by atoms with Gasteiger partial charge in [0.05, 0.1) is 12.5 Å². The first-order valence-electron chi connectivity index (χ1n) is 4.61. The smallest absolute Gasteiger partial charge is 0.140 e. The van der Waals surface area contributed by atoms with Crippen molar-refractivity contribution in [3.63, 3.8) is 0 Å². The van der Waals surface area contributed by atoms with E-state index in [1.807, 2.05) is 18.2 Å². The van der Waals surface area contributed by atoms with Crippen LogP contribution in [0, 0.1) is 5.92 Å². The van der Waals surface area contributed by atoms with Gasteiger partial charge in [-0.1, -0.05) is 18.2 Å². The van der Waals surface area contributed by atoms with Gasteiger partial charge >= 0.3 is 0 Å². The number of hydrogen-bond donors (Lipinski definition) is 0. The first-order chi connectivity index (χ1) is 6.36. The molecule has 1 heterocycles. The molecule has 2 atom stereocenters. The van der Waals surface area contributed by atoms with Crippen molar-refractivity contribution in [2.45, 2.75) is 12.3 Å². The zero-order valence-electron chi connectivity index (χ0n) is 7.19. The number of rotatable bonds is 0. The fraction of sp³-hybridized carbons (Fsp3) is 0.364. The number of Topliss-reactive ketones (excluding diaryl/α,β-unsaturated/α-hetero) is 1. The summed E-state index contributed by atoms with van der Waals surface area (Å²) in [4.78, 5) is 11.2. The molecule has 13 heavy (non-hydrogen) atoms. The largest absolute Gasteiger partial charge is 0.493 e. The van der Waals surface area contributed by atoms with Crippen LogP contribution in [0.15, 0.2) is 24.3 Å². The Morgan fingerprint density at radius 2 is 2.08 bits per heavy atom. The number of para-hydroxylation sites is 1. The summed E-state index contributed by atoms with van der Waals surface area (Å²) >= 11 is 0. The van der Waals surface area contributed by atoms with Crippen LogP contribution in [0.3, 0.4) is 0 Å². The van der Waals surface area contributed by atoms with Crippen LogP contribution in [-0.2, 0) is 4.79 Å². The van der Waals surface area contributed by atoms with Gasteiger partial charge in [0.25, 0.3) is 0 Å². The maximum atomic E-state index is 11.2. The van der Waals surface area contributed by atoms with Gasteiger partial charge in [-0.25, -0.2) is 0 Å². The summed E-state index contributed by atoms with van der Waals surface area (Å²) < 4.78 is 5.51. The summed E-state index contributed by atoms with van der Waals surface area (Å²) in [5.41, 5.74) is 1.22. The standard InChI is InChI=1S/C11H10O2/c12-10-5-8-7-3-1-2-4-11(7)13-6-9(8)10/h1-4,8-9H,5-6H2. The summed E-state index contributed by atoms with van der Waals surface area (Å²) in [5.74, 6) is 1.92. The third kappa shape index (κ3) is 0.857. The SMILES string of the molecule is O=C1CC2c3ccccc3OCC12. The molecule has 0 saturated heterocycles. The first kappa shape index (κ1) is 7.13. The molecular weight excluding hydrogens is 164 g/mol. The first-order valence-corrected chi connectivity index (χ1v) is 4.61. The number of carbonyl (C=O) groups excluding carboxylic acids is 1. The van der Waals surface area contributed by atoms with E-state index in [4.69, 9.17) is 4.74 Å². The summed E-state index contributed by atoms with van der Waals surface area (Å²) in [6.45, 7) is 0.584. The van der Waals surface area contributed by atoms with E-state index < -0.39 is 0 Å². The van der Waals surface area contributed by atoms with Crippen LogP contribution in [0.25, 0.3) is 0 Å². The van der Waals surface area contributed by atoms with Crippen molar-refractivity contribution in [2.24, 2.45) is 5.92 Å². The fourth-order valence-electron chi connectivity index (χ4n) is 2.21. The number of ether oxygens (including phenoxy) is 1. The second-order valence-electron chi connectivity index (χ2n) is 3.73. The van der Waals surface area contributed by atoms with E-state index in [1.165, 1.54) is 5.56 Å². The molecule has 1 aliphatic heterocycles. The van der Waals surface area contributed by atoms with Crippen molar-refractivity contribution in [3.05, 3.63) is 29.8 Å². The van der Waals surface area contributed by atoms with Gasteiger partial charge in [0.1, 0.15) is 11.5 Å². The molecule has 1 aliphatic carbocycles. The topological polar surface area (TPSA) is 26.3 Å². The van der Waals surface area contributed by atoms with Gasteiger partial charge in [0, 0.05) is 12.3 Å². The van der Waals surface area contributed by atoms with Crippen LogP contribution in [0.1, 0.15) is 17.9 Å². The van der Waals surface area contributed by atoms with Crippen molar-refractivity contribution in [1.29, 1.82) is 0 Å². The van der Waals surface area contributed by atoms with Gasteiger partial charge < -0.3 is 4.74 Å². The Balaban J connectivity index is 2.05. The highest BCUT2D eigenvalue weighted by Gasteiger charge is 2.44. The van der Waals surface area contributed by atoms with Crippen molar-refractivity contribution in [1.82, 2.24) is 0 Å². The Bertz CT molecular complexity index is 370. The molecule has 2 nitrogen and oxygen atoms in total. The quantitative estimate of drug-likeness (QED) is 0.599. The Hall–Kier alpha value is -1.31. The minimum Gasteiger partial charge on any atom is -0.493 e. The molecule has 0 bridgehead atoms. The second kappa shape index (κ2) is 2.34. The lowest BCUT2D eigenvalue weighted by molar-refractivity contribution is -0.133. The average Bonchev–Trinajstić information content (AvgIpc) is 2.16. The van der Waals surface area contributed by atoms with Gasteiger partial charge in [0.15, 0.2) is 0 Å². The minimum absolute atomic E-state index is 0.148. The Labute approximate surface area is 76.5 Å². The van der Waals surface area contributed by atoms with Gasteiger partial charge in [-0.2, -0.15) is 0 Å². The molecule has 1 aromatic carbocycles. The monoisotopic (exact) mass is 174 g/mol. The molecule has 2 unspecified atom stereocenters. The van der Waals surface area contributed by atoms with Crippen molar-refractivity contribution in [3.8, 4) is 5.75 Å². The highest BCUT2D eigenvalue weighted by molar-refractivity contribution is 5.90. The summed E-state index contributed by atoms with van der Waals surface area (Å²) in [6.07, 6.45) is 0.713. The summed E-state index contributed by atoms with van der Waals surface area (Å²) in [7, 11) is 0. The number of hydrogen-bond acceptors (Lipinski definition) is 2. The average molecular weight is 174 g/mol. The van der Waals surface area contributed by atoms with Crippen LogP contribution in [0.5, 0.6) is 5.75 Å². The van der Waals surface area contributed by atoms with E-state index in [2.05, 4.69) is 6.07 Å². The maximum absolute atomic E-state index is 11.2. The molecule has 1 saturated carbocycles. The van der Waals surface area contributed by atoms with E-state index in [0.29, 0.717) is 24.7 Å². The molecule has 1 fully saturated rings. The third-order valence-corrected chi connectivity index (χ3v) is 3.06. The number of benzene rings is 1. The molecule has 2 heteroatoms. The summed E-state index contributed by atoms with van der Waals surface area (Å²) in [5, 5.41) is 0. The molecule has 1 aromatic rings. The lowest BCUT2D eigenvalue weighted by Crippen LogP contribution is -2.42. The highest BCUT2D eigenvalue weighted by Crippen LogP contribution is 2.46. The van der Waals surface area contributed by atoms with Gasteiger partial charge in [0.2, 0.25) is 0 Å². The maximum Gasteiger partial charge on any atom is 0.140 e. The van der Waals surface area contributed by atoms with E-state index in [0.717, 1.165) is 5.75 Å². The lowest BCUT2D eigenvalue weighted by atomic mass is 9.68. The lowest BCUT2D eigenvalue weighted by Gasteiger charge is -2.39. The molecule has 0 N–H and O–H groups in total. The van der Waals surface area contributed by atoms with Gasteiger partial charge in [-0.15, -0.1) is 0 Å². The Morgan fingerprint density at radius 3 is 2.92 bits per heavy atom. The van der Waals surface area contributed by atoms with E-state index in [1.54, 1.807) is 0 Å². The molecule has 0 spiro atoms. The predicted molar refractivity (Wildman–Crippen MR) is 47.8 cm³/mol. The zero-order valence-corrected chi connectivity index (χ0v) is 7.19. The number of carbonyl (C=O) groups is 1. The van der Waals surface area contributed by atoms with E-state index in [-0.39, 0.29) is 5.92 Å². The minimum atomic E-state index is 0.148. The number of ketones is 1. The molecule has 66 valence electrons.